The van der Waals surface area contributed by atoms with Gasteiger partial charge < -0.3 is 15.5 Å². The van der Waals surface area contributed by atoms with Crippen molar-refractivity contribution in [2.75, 3.05) is 39.0 Å². The molecule has 0 bridgehead atoms. The Morgan fingerprint density at radius 1 is 1.09 bits per heavy atom. The lowest BCUT2D eigenvalue weighted by Gasteiger charge is -2.32. The topological polar surface area (TPSA) is 75.3 Å². The highest BCUT2D eigenvalue weighted by Crippen LogP contribution is 2.18. The lowest BCUT2D eigenvalue weighted by molar-refractivity contribution is 0.0664. The number of piperazine rings is 1. The van der Waals surface area contributed by atoms with Gasteiger partial charge in [-0.3, -0.25) is 4.79 Å². The molecule has 3 rings (SSSR count). The van der Waals surface area contributed by atoms with Gasteiger partial charge in [0.15, 0.2) is 5.82 Å². The predicted molar refractivity (Wildman–Crippen MR) is 90.0 cm³/mol. The van der Waals surface area contributed by atoms with Crippen LogP contribution in [0.15, 0.2) is 30.3 Å². The number of likely N-dealkylation sites (N-methyl/N-ethyl adjacent to an activating group) is 1. The molecule has 0 aliphatic carbocycles. The number of amides is 1. The molecule has 1 aliphatic heterocycles. The molecule has 120 valence electrons. The molecule has 0 unspecified atom stereocenters. The molecule has 2 aromatic rings. The maximum atomic E-state index is 12.5. The van der Waals surface area contributed by atoms with Gasteiger partial charge in [0.05, 0.1) is 0 Å². The number of aryl methyl sites for hydroxylation is 1. The SMILES string of the molecule is Cc1cc(N)nc(-c2ccc(C(=O)N3CCN(C)CC3)cc2)n1. The van der Waals surface area contributed by atoms with E-state index in [-0.39, 0.29) is 5.91 Å². The number of nitrogens with zero attached hydrogens (tertiary/aromatic N) is 4. The van der Waals surface area contributed by atoms with Gasteiger partial charge in [-0.1, -0.05) is 12.1 Å². The molecule has 2 N–H and O–H groups in total. The highest BCUT2D eigenvalue weighted by atomic mass is 16.2. The quantitative estimate of drug-likeness (QED) is 0.908. The molecule has 0 radical (unpaired) electrons. The highest BCUT2D eigenvalue weighted by molar-refractivity contribution is 5.94. The average Bonchev–Trinajstić information content (AvgIpc) is 2.54. The molecule has 1 aromatic carbocycles. The van der Waals surface area contributed by atoms with Gasteiger partial charge in [-0.25, -0.2) is 9.97 Å². The van der Waals surface area contributed by atoms with Crippen molar-refractivity contribution in [3.63, 3.8) is 0 Å². The number of nitrogens with two attached hydrogens (primary N) is 1. The largest absolute Gasteiger partial charge is 0.384 e. The molecular weight excluding hydrogens is 290 g/mol. The minimum Gasteiger partial charge on any atom is -0.384 e. The molecule has 1 amide bonds. The van der Waals surface area contributed by atoms with Crippen molar-refractivity contribution in [3.8, 4) is 11.4 Å². The van der Waals surface area contributed by atoms with Crippen LogP contribution in [0.25, 0.3) is 11.4 Å². The Bertz CT molecular complexity index is 685. The summed E-state index contributed by atoms with van der Waals surface area (Å²) in [5.41, 5.74) is 8.14. The van der Waals surface area contributed by atoms with E-state index in [0.717, 1.165) is 37.4 Å². The molecular formula is C17H21N5O. The van der Waals surface area contributed by atoms with Crippen LogP contribution in [0.5, 0.6) is 0 Å². The molecule has 23 heavy (non-hydrogen) atoms. The molecule has 1 saturated heterocycles. The molecule has 1 fully saturated rings. The van der Waals surface area contributed by atoms with E-state index in [2.05, 4.69) is 21.9 Å². The third kappa shape index (κ3) is 3.48. The monoisotopic (exact) mass is 311 g/mol. The lowest BCUT2D eigenvalue weighted by Crippen LogP contribution is -2.47. The summed E-state index contributed by atoms with van der Waals surface area (Å²) in [5.74, 6) is 1.11. The zero-order chi connectivity index (χ0) is 16.4. The minimum atomic E-state index is 0.0781. The van der Waals surface area contributed by atoms with Crippen LogP contribution in [0.4, 0.5) is 5.82 Å². The minimum absolute atomic E-state index is 0.0781. The van der Waals surface area contributed by atoms with E-state index in [9.17, 15) is 4.79 Å². The van der Waals surface area contributed by atoms with Crippen molar-refractivity contribution in [3.05, 3.63) is 41.6 Å². The van der Waals surface area contributed by atoms with E-state index in [4.69, 9.17) is 5.73 Å². The van der Waals surface area contributed by atoms with E-state index in [1.807, 2.05) is 36.1 Å². The third-order valence-corrected chi connectivity index (χ3v) is 4.05. The van der Waals surface area contributed by atoms with Gasteiger partial charge in [0.2, 0.25) is 0 Å². The van der Waals surface area contributed by atoms with Gasteiger partial charge in [-0.05, 0) is 26.1 Å². The average molecular weight is 311 g/mol. The number of aromatic nitrogens is 2. The first-order valence-electron chi connectivity index (χ1n) is 7.72. The molecule has 1 aliphatic rings. The van der Waals surface area contributed by atoms with Gasteiger partial charge in [0.25, 0.3) is 5.91 Å². The smallest absolute Gasteiger partial charge is 0.253 e. The maximum Gasteiger partial charge on any atom is 0.253 e. The van der Waals surface area contributed by atoms with Crippen LogP contribution in [0.1, 0.15) is 16.1 Å². The molecule has 6 nitrogen and oxygen atoms in total. The van der Waals surface area contributed by atoms with Gasteiger partial charge in [-0.15, -0.1) is 0 Å². The van der Waals surface area contributed by atoms with Crippen LogP contribution in [0.2, 0.25) is 0 Å². The third-order valence-electron chi connectivity index (χ3n) is 4.05. The Balaban J connectivity index is 1.77. The summed E-state index contributed by atoms with van der Waals surface area (Å²) >= 11 is 0. The standard InChI is InChI=1S/C17H21N5O/c1-12-11-15(18)20-16(19-12)13-3-5-14(6-4-13)17(23)22-9-7-21(2)8-10-22/h3-6,11H,7-10H2,1-2H3,(H2,18,19,20). The van der Waals surface area contributed by atoms with Crippen molar-refractivity contribution in [1.82, 2.24) is 19.8 Å². The van der Waals surface area contributed by atoms with E-state index < -0.39 is 0 Å². The second-order valence-electron chi connectivity index (χ2n) is 5.93. The van der Waals surface area contributed by atoms with Crippen molar-refractivity contribution in [2.45, 2.75) is 6.92 Å². The molecule has 6 heteroatoms. The summed E-state index contributed by atoms with van der Waals surface area (Å²) in [7, 11) is 2.07. The van der Waals surface area contributed by atoms with Gasteiger partial charge in [-0.2, -0.15) is 0 Å². The number of carbonyl (C=O) groups excluding carboxylic acids is 1. The summed E-state index contributed by atoms with van der Waals surface area (Å²) in [5, 5.41) is 0. The van der Waals surface area contributed by atoms with Crippen LogP contribution >= 0.6 is 0 Å². The number of carbonyl (C=O) groups is 1. The summed E-state index contributed by atoms with van der Waals surface area (Å²) < 4.78 is 0. The fraction of sp³-hybridized carbons (Fsp3) is 0.353. The van der Waals surface area contributed by atoms with Crippen molar-refractivity contribution in [2.24, 2.45) is 0 Å². The van der Waals surface area contributed by atoms with Crippen LogP contribution in [0.3, 0.4) is 0 Å². The normalized spacial score (nSPS) is 15.7. The zero-order valence-electron chi connectivity index (χ0n) is 13.5. The molecule has 0 atom stereocenters. The summed E-state index contributed by atoms with van der Waals surface area (Å²) in [6.07, 6.45) is 0. The second kappa shape index (κ2) is 6.34. The fourth-order valence-electron chi connectivity index (χ4n) is 2.68. The van der Waals surface area contributed by atoms with E-state index >= 15 is 0 Å². The van der Waals surface area contributed by atoms with Crippen LogP contribution in [0, 0.1) is 6.92 Å². The molecule has 2 heterocycles. The zero-order valence-corrected chi connectivity index (χ0v) is 13.5. The number of benzene rings is 1. The number of anilines is 1. The molecule has 0 spiro atoms. The van der Waals surface area contributed by atoms with Crippen molar-refractivity contribution >= 4 is 11.7 Å². The van der Waals surface area contributed by atoms with Crippen LogP contribution in [-0.2, 0) is 0 Å². The van der Waals surface area contributed by atoms with E-state index in [1.54, 1.807) is 6.07 Å². The Labute approximate surface area is 135 Å². The van der Waals surface area contributed by atoms with Crippen molar-refractivity contribution in [1.29, 1.82) is 0 Å². The molecule has 1 aromatic heterocycles. The first-order valence-corrected chi connectivity index (χ1v) is 7.72. The fourth-order valence-corrected chi connectivity index (χ4v) is 2.68. The second-order valence-corrected chi connectivity index (χ2v) is 5.93. The summed E-state index contributed by atoms with van der Waals surface area (Å²) in [4.78, 5) is 25.3. The summed E-state index contributed by atoms with van der Waals surface area (Å²) in [6, 6.07) is 9.14. The van der Waals surface area contributed by atoms with Crippen LogP contribution in [-0.4, -0.2) is 58.9 Å². The summed E-state index contributed by atoms with van der Waals surface area (Å²) in [6.45, 7) is 5.26. The first-order chi connectivity index (χ1) is 11.0. The Morgan fingerprint density at radius 2 is 1.74 bits per heavy atom. The van der Waals surface area contributed by atoms with Gasteiger partial charge in [0.1, 0.15) is 5.82 Å². The Kier molecular flexibility index (Phi) is 4.25. The Hall–Kier alpha value is -2.47. The number of hydrogen-bond acceptors (Lipinski definition) is 5. The maximum absolute atomic E-state index is 12.5. The first kappa shape index (κ1) is 15.4. The van der Waals surface area contributed by atoms with Crippen LogP contribution < -0.4 is 5.73 Å². The van der Waals surface area contributed by atoms with E-state index in [0.29, 0.717) is 17.2 Å². The number of hydrogen-bond donors (Lipinski definition) is 1. The highest BCUT2D eigenvalue weighted by Gasteiger charge is 2.20. The molecule has 0 saturated carbocycles. The predicted octanol–water partition coefficient (Wildman–Crippen LogP) is 1.42. The van der Waals surface area contributed by atoms with Crippen molar-refractivity contribution < 1.29 is 4.79 Å². The lowest BCUT2D eigenvalue weighted by atomic mass is 10.1. The van der Waals surface area contributed by atoms with Gasteiger partial charge >= 0.3 is 0 Å². The van der Waals surface area contributed by atoms with Gasteiger partial charge in [0, 0.05) is 49.1 Å². The number of rotatable bonds is 2. The van der Waals surface area contributed by atoms with E-state index in [1.165, 1.54) is 0 Å². The Morgan fingerprint density at radius 3 is 2.35 bits per heavy atom. The number of nitrogen functional groups attached to an aromatic ring is 1.